The molecule has 0 bridgehead atoms. The Kier molecular flexibility index (Phi) is 5.92. The van der Waals surface area contributed by atoms with E-state index < -0.39 is 6.10 Å². The Morgan fingerprint density at radius 3 is 2.73 bits per heavy atom. The van der Waals surface area contributed by atoms with Crippen LogP contribution < -0.4 is 19.3 Å². The van der Waals surface area contributed by atoms with Gasteiger partial charge in [0, 0.05) is 13.0 Å². The van der Waals surface area contributed by atoms with Crippen LogP contribution in [-0.4, -0.2) is 50.8 Å². The lowest BCUT2D eigenvalue weighted by molar-refractivity contribution is -0.858. The molecule has 0 aliphatic carbocycles. The van der Waals surface area contributed by atoms with Crippen molar-refractivity contribution in [2.24, 2.45) is 0 Å². The summed E-state index contributed by atoms with van der Waals surface area (Å²) in [7, 11) is 4.23. The average molecular weight is 427 g/mol. The number of anilines is 1. The lowest BCUT2D eigenvalue weighted by Crippen LogP contribution is -3.05. The number of aryl methyl sites for hydroxylation is 2. The van der Waals surface area contributed by atoms with Crippen molar-refractivity contribution in [3.8, 4) is 11.5 Å². The first-order valence-corrected chi connectivity index (χ1v) is 11.1. The number of nitrogens with one attached hydrogen (secondary N) is 1. The van der Waals surface area contributed by atoms with Gasteiger partial charge in [0.25, 0.3) is 5.91 Å². The number of aromatic nitrogens is 1. The summed E-state index contributed by atoms with van der Waals surface area (Å²) in [5.41, 5.74) is 3.33. The minimum Gasteiger partial charge on any atom is -0.485 e. The third-order valence-corrected chi connectivity index (χ3v) is 6.46. The minimum atomic E-state index is -0.679. The van der Waals surface area contributed by atoms with Crippen LogP contribution in [0.1, 0.15) is 17.5 Å². The molecule has 0 unspecified atom stereocenters. The monoisotopic (exact) mass is 426 g/mol. The van der Waals surface area contributed by atoms with E-state index in [2.05, 4.69) is 40.1 Å². The molecule has 1 N–H and O–H groups in total. The molecule has 0 saturated carbocycles. The van der Waals surface area contributed by atoms with Crippen LogP contribution in [0.15, 0.2) is 36.4 Å². The number of carbonyl (C=O) groups excluding carboxylic acids is 1. The van der Waals surface area contributed by atoms with Gasteiger partial charge in [-0.1, -0.05) is 29.5 Å². The molecule has 1 amide bonds. The van der Waals surface area contributed by atoms with Gasteiger partial charge in [0.2, 0.25) is 6.10 Å². The maximum atomic E-state index is 13.5. The first kappa shape index (κ1) is 20.6. The Morgan fingerprint density at radius 2 is 1.97 bits per heavy atom. The molecular formula is C23H28N3O3S+. The van der Waals surface area contributed by atoms with Crippen molar-refractivity contribution >= 4 is 32.6 Å². The molecule has 158 valence electrons. The van der Waals surface area contributed by atoms with Crippen molar-refractivity contribution in [2.45, 2.75) is 26.4 Å². The van der Waals surface area contributed by atoms with E-state index in [0.29, 0.717) is 18.0 Å². The molecule has 1 atom stereocenters. The second-order valence-electron chi connectivity index (χ2n) is 8.02. The largest absolute Gasteiger partial charge is 0.485 e. The van der Waals surface area contributed by atoms with Gasteiger partial charge in [0.15, 0.2) is 16.6 Å². The van der Waals surface area contributed by atoms with Gasteiger partial charge >= 0.3 is 0 Å². The minimum absolute atomic E-state index is 0.105. The number of thiazole rings is 1. The van der Waals surface area contributed by atoms with Gasteiger partial charge in [-0.2, -0.15) is 0 Å². The van der Waals surface area contributed by atoms with E-state index in [1.165, 1.54) is 10.5 Å². The van der Waals surface area contributed by atoms with Crippen LogP contribution in [0, 0.1) is 13.8 Å². The second-order valence-corrected chi connectivity index (χ2v) is 9.02. The number of quaternary nitrogens is 1. The maximum Gasteiger partial charge on any atom is 0.273 e. The number of para-hydroxylation sites is 2. The van der Waals surface area contributed by atoms with Gasteiger partial charge in [0.05, 0.1) is 30.9 Å². The van der Waals surface area contributed by atoms with Crippen LogP contribution in [-0.2, 0) is 4.79 Å². The summed E-state index contributed by atoms with van der Waals surface area (Å²) in [6.45, 7) is 5.94. The Morgan fingerprint density at radius 1 is 1.20 bits per heavy atom. The number of amides is 1. The van der Waals surface area contributed by atoms with Gasteiger partial charge in [-0.15, -0.1) is 0 Å². The number of rotatable bonds is 6. The SMILES string of the molecule is Cc1ccc2sc(N(CCC[NH+](C)C)C(=O)[C@H]3COc4ccccc4O3)nc2c1C. The number of benzene rings is 2. The molecule has 0 saturated heterocycles. The lowest BCUT2D eigenvalue weighted by atomic mass is 10.1. The molecule has 0 radical (unpaired) electrons. The third kappa shape index (κ3) is 4.13. The van der Waals surface area contributed by atoms with E-state index in [9.17, 15) is 4.79 Å². The van der Waals surface area contributed by atoms with E-state index in [0.717, 1.165) is 33.9 Å². The topological polar surface area (TPSA) is 56.1 Å². The van der Waals surface area contributed by atoms with Crippen LogP contribution in [0.25, 0.3) is 10.2 Å². The van der Waals surface area contributed by atoms with Gasteiger partial charge in [-0.25, -0.2) is 4.98 Å². The smallest absolute Gasteiger partial charge is 0.273 e. The Labute approximate surface area is 181 Å². The van der Waals surface area contributed by atoms with Crippen LogP contribution in [0.2, 0.25) is 0 Å². The number of nitrogens with zero attached hydrogens (tertiary/aromatic N) is 2. The molecular weight excluding hydrogens is 398 g/mol. The highest BCUT2D eigenvalue weighted by Gasteiger charge is 2.33. The zero-order chi connectivity index (χ0) is 21.3. The standard InChI is InChI=1S/C23H27N3O3S/c1-15-10-11-20-21(16(15)2)24-23(30-20)26(13-7-12-25(3)4)22(27)19-14-28-17-8-5-6-9-18(17)29-19/h5-6,8-11,19H,7,12-14H2,1-4H3/p+1/t19-/m1/s1. The maximum absolute atomic E-state index is 13.5. The molecule has 1 aliphatic rings. The van der Waals surface area contributed by atoms with Crippen molar-refractivity contribution in [1.29, 1.82) is 0 Å². The predicted molar refractivity (Wildman–Crippen MR) is 120 cm³/mol. The molecule has 30 heavy (non-hydrogen) atoms. The van der Waals surface area contributed by atoms with Crippen molar-refractivity contribution < 1.29 is 19.2 Å². The number of hydrogen-bond acceptors (Lipinski definition) is 5. The van der Waals surface area contributed by atoms with Crippen molar-refractivity contribution in [2.75, 3.05) is 38.7 Å². The average Bonchev–Trinajstić information content (AvgIpc) is 3.17. The van der Waals surface area contributed by atoms with Crippen LogP contribution in [0.5, 0.6) is 11.5 Å². The van der Waals surface area contributed by atoms with E-state index >= 15 is 0 Å². The van der Waals surface area contributed by atoms with Gasteiger partial charge < -0.3 is 14.4 Å². The Hall–Kier alpha value is -2.64. The Balaban J connectivity index is 1.63. The first-order chi connectivity index (χ1) is 14.4. The van der Waals surface area contributed by atoms with Crippen molar-refractivity contribution in [1.82, 2.24) is 4.98 Å². The van der Waals surface area contributed by atoms with Crippen molar-refractivity contribution in [3.63, 3.8) is 0 Å². The van der Waals surface area contributed by atoms with E-state index in [4.69, 9.17) is 14.5 Å². The van der Waals surface area contributed by atoms with Crippen LogP contribution >= 0.6 is 11.3 Å². The molecule has 0 fully saturated rings. The normalized spacial score (nSPS) is 15.6. The Bertz CT molecular complexity index is 1060. The number of fused-ring (bicyclic) bond motifs is 2. The molecule has 1 aliphatic heterocycles. The molecule has 4 rings (SSSR count). The summed E-state index contributed by atoms with van der Waals surface area (Å²) >= 11 is 1.56. The quantitative estimate of drug-likeness (QED) is 0.658. The fourth-order valence-electron chi connectivity index (χ4n) is 3.54. The zero-order valence-corrected chi connectivity index (χ0v) is 18.7. The number of ether oxygens (including phenoxy) is 2. The molecule has 7 heteroatoms. The van der Waals surface area contributed by atoms with Gasteiger partial charge in [-0.3, -0.25) is 9.69 Å². The summed E-state index contributed by atoms with van der Waals surface area (Å²) in [5.74, 6) is 1.18. The molecule has 0 spiro atoms. The highest BCUT2D eigenvalue weighted by molar-refractivity contribution is 7.22. The number of hydrogen-bond donors (Lipinski definition) is 1. The zero-order valence-electron chi connectivity index (χ0n) is 17.9. The predicted octanol–water partition coefficient (Wildman–Crippen LogP) is 2.62. The molecule has 2 aromatic carbocycles. The lowest BCUT2D eigenvalue weighted by Gasteiger charge is -2.29. The number of carbonyl (C=O) groups is 1. The van der Waals surface area contributed by atoms with E-state index in [-0.39, 0.29) is 12.5 Å². The first-order valence-electron chi connectivity index (χ1n) is 10.3. The van der Waals surface area contributed by atoms with Crippen LogP contribution in [0.3, 0.4) is 0 Å². The molecule has 6 nitrogen and oxygen atoms in total. The summed E-state index contributed by atoms with van der Waals surface area (Å²) in [6, 6.07) is 11.7. The molecule has 2 heterocycles. The van der Waals surface area contributed by atoms with E-state index in [1.807, 2.05) is 24.3 Å². The second kappa shape index (κ2) is 8.62. The fraction of sp³-hybridized carbons (Fsp3) is 0.391. The summed E-state index contributed by atoms with van der Waals surface area (Å²) in [5, 5.41) is 0.722. The highest BCUT2D eigenvalue weighted by atomic mass is 32.1. The van der Waals surface area contributed by atoms with Gasteiger partial charge in [0.1, 0.15) is 6.61 Å². The van der Waals surface area contributed by atoms with E-state index in [1.54, 1.807) is 16.2 Å². The molecule has 1 aromatic heterocycles. The summed E-state index contributed by atoms with van der Waals surface area (Å²) in [6.07, 6.45) is 0.202. The fourth-order valence-corrected chi connectivity index (χ4v) is 4.59. The molecule has 3 aromatic rings. The summed E-state index contributed by atoms with van der Waals surface area (Å²) in [4.78, 5) is 21.5. The third-order valence-electron chi connectivity index (χ3n) is 5.41. The van der Waals surface area contributed by atoms with Crippen LogP contribution in [0.4, 0.5) is 5.13 Å². The highest BCUT2D eigenvalue weighted by Crippen LogP contribution is 2.34. The van der Waals surface area contributed by atoms with Gasteiger partial charge in [-0.05, 0) is 43.2 Å². The van der Waals surface area contributed by atoms with Crippen molar-refractivity contribution in [3.05, 3.63) is 47.5 Å². The summed E-state index contributed by atoms with van der Waals surface area (Å²) < 4.78 is 12.9.